The first kappa shape index (κ1) is 8.99. The van der Waals surface area contributed by atoms with Gasteiger partial charge >= 0.3 is 11.8 Å². The lowest BCUT2D eigenvalue weighted by Crippen LogP contribution is -2.49. The van der Waals surface area contributed by atoms with Gasteiger partial charge in [0.05, 0.1) is 0 Å². The van der Waals surface area contributed by atoms with Crippen molar-refractivity contribution in [2.45, 2.75) is 31.7 Å². The van der Waals surface area contributed by atoms with Gasteiger partial charge in [0.2, 0.25) is 0 Å². The van der Waals surface area contributed by atoms with E-state index in [0.29, 0.717) is 0 Å². The molecular weight excluding hydrogens is 158 g/mol. The standard InChI is InChI=1S/C7H13N3O2/c8-6(11)7(12)10(9)5-3-1-2-4-5/h5H,1-4,9H2,(H2,8,11). The topological polar surface area (TPSA) is 89.4 Å². The van der Waals surface area contributed by atoms with Gasteiger partial charge in [0.25, 0.3) is 0 Å². The largest absolute Gasteiger partial charge is 0.361 e. The van der Waals surface area contributed by atoms with Crippen LogP contribution in [0.1, 0.15) is 25.7 Å². The molecule has 0 aromatic rings. The van der Waals surface area contributed by atoms with Crippen LogP contribution >= 0.6 is 0 Å². The molecule has 1 rings (SSSR count). The molecule has 0 heterocycles. The third-order valence-corrected chi connectivity index (χ3v) is 2.16. The lowest BCUT2D eigenvalue weighted by atomic mass is 10.2. The number of hydrogen-bond acceptors (Lipinski definition) is 3. The summed E-state index contributed by atoms with van der Waals surface area (Å²) in [5.41, 5.74) is 4.79. The second-order valence-electron chi connectivity index (χ2n) is 3.01. The minimum absolute atomic E-state index is 0.00463. The minimum Gasteiger partial charge on any atom is -0.361 e. The molecule has 0 radical (unpaired) electrons. The van der Waals surface area contributed by atoms with Crippen LogP contribution in [0.4, 0.5) is 0 Å². The van der Waals surface area contributed by atoms with Crippen LogP contribution in [-0.2, 0) is 9.59 Å². The van der Waals surface area contributed by atoms with Crippen LogP contribution in [0.25, 0.3) is 0 Å². The van der Waals surface area contributed by atoms with Crippen LogP contribution in [-0.4, -0.2) is 22.9 Å². The fourth-order valence-corrected chi connectivity index (χ4v) is 1.48. The molecule has 5 heteroatoms. The number of carbonyl (C=O) groups is 2. The first-order valence-electron chi connectivity index (χ1n) is 4.00. The van der Waals surface area contributed by atoms with Crippen LogP contribution in [0, 0.1) is 0 Å². The molecular formula is C7H13N3O2. The Kier molecular flexibility index (Phi) is 2.65. The van der Waals surface area contributed by atoms with Crippen molar-refractivity contribution in [1.82, 2.24) is 5.01 Å². The van der Waals surface area contributed by atoms with Crippen LogP contribution in [0.2, 0.25) is 0 Å². The van der Waals surface area contributed by atoms with E-state index in [1.165, 1.54) is 0 Å². The molecule has 0 atom stereocenters. The van der Waals surface area contributed by atoms with Crippen molar-refractivity contribution < 1.29 is 9.59 Å². The Morgan fingerprint density at radius 3 is 2.17 bits per heavy atom. The summed E-state index contributed by atoms with van der Waals surface area (Å²) >= 11 is 0. The Morgan fingerprint density at radius 1 is 1.25 bits per heavy atom. The minimum atomic E-state index is -0.982. The Balaban J connectivity index is 2.51. The summed E-state index contributed by atoms with van der Waals surface area (Å²) < 4.78 is 0. The zero-order valence-corrected chi connectivity index (χ0v) is 6.82. The van der Waals surface area contributed by atoms with Crippen molar-refractivity contribution >= 4 is 11.8 Å². The lowest BCUT2D eigenvalue weighted by molar-refractivity contribution is -0.145. The van der Waals surface area contributed by atoms with Crippen LogP contribution in [0.3, 0.4) is 0 Å². The van der Waals surface area contributed by atoms with Crippen LogP contribution in [0.15, 0.2) is 0 Å². The predicted molar refractivity (Wildman–Crippen MR) is 42.5 cm³/mol. The monoisotopic (exact) mass is 171 g/mol. The fourth-order valence-electron chi connectivity index (χ4n) is 1.48. The lowest BCUT2D eigenvalue weighted by Gasteiger charge is -2.21. The highest BCUT2D eigenvalue weighted by Crippen LogP contribution is 2.21. The number of rotatable bonds is 1. The maximum Gasteiger partial charge on any atom is 0.325 e. The molecule has 2 amide bonds. The van der Waals surface area contributed by atoms with Crippen LogP contribution < -0.4 is 11.6 Å². The van der Waals surface area contributed by atoms with E-state index in [-0.39, 0.29) is 6.04 Å². The van der Waals surface area contributed by atoms with Crippen molar-refractivity contribution in [1.29, 1.82) is 0 Å². The highest BCUT2D eigenvalue weighted by atomic mass is 16.2. The SMILES string of the molecule is NC(=O)C(=O)N(N)C1CCCC1. The molecule has 1 saturated carbocycles. The quantitative estimate of drug-likeness (QED) is 0.232. The number of amides is 2. The Morgan fingerprint density at radius 2 is 1.75 bits per heavy atom. The molecule has 12 heavy (non-hydrogen) atoms. The van der Waals surface area contributed by atoms with Gasteiger partial charge in [0.15, 0.2) is 0 Å². The van der Waals surface area contributed by atoms with Gasteiger partial charge in [-0.15, -0.1) is 0 Å². The summed E-state index contributed by atoms with van der Waals surface area (Å²) in [4.78, 5) is 21.4. The van der Waals surface area contributed by atoms with Gasteiger partial charge in [-0.05, 0) is 12.8 Å². The molecule has 1 fully saturated rings. The van der Waals surface area contributed by atoms with E-state index in [4.69, 9.17) is 11.6 Å². The number of hydrazine groups is 1. The average Bonchev–Trinajstić information content (AvgIpc) is 2.53. The summed E-state index contributed by atoms with van der Waals surface area (Å²) in [6, 6.07) is 0.00463. The van der Waals surface area contributed by atoms with Crippen molar-refractivity contribution in [2.75, 3.05) is 0 Å². The van der Waals surface area contributed by atoms with Gasteiger partial charge < -0.3 is 5.73 Å². The fraction of sp³-hybridized carbons (Fsp3) is 0.714. The average molecular weight is 171 g/mol. The highest BCUT2D eigenvalue weighted by Gasteiger charge is 2.26. The summed E-state index contributed by atoms with van der Waals surface area (Å²) in [5, 5.41) is 0.968. The van der Waals surface area contributed by atoms with E-state index >= 15 is 0 Å². The Bertz CT molecular complexity index is 199. The number of hydrogen-bond donors (Lipinski definition) is 2. The molecule has 0 aliphatic heterocycles. The zero-order valence-electron chi connectivity index (χ0n) is 6.82. The normalized spacial score (nSPS) is 17.8. The van der Waals surface area contributed by atoms with E-state index in [2.05, 4.69) is 0 Å². The van der Waals surface area contributed by atoms with Crippen molar-refractivity contribution in [3.8, 4) is 0 Å². The molecule has 0 aromatic heterocycles. The maximum atomic E-state index is 11.0. The van der Waals surface area contributed by atoms with E-state index in [9.17, 15) is 9.59 Å². The summed E-state index contributed by atoms with van der Waals surface area (Å²) in [7, 11) is 0. The van der Waals surface area contributed by atoms with Crippen molar-refractivity contribution in [2.24, 2.45) is 11.6 Å². The predicted octanol–water partition coefficient (Wildman–Crippen LogP) is -0.883. The molecule has 1 aliphatic rings. The van der Waals surface area contributed by atoms with E-state index in [1.54, 1.807) is 0 Å². The number of carbonyl (C=O) groups excluding carboxylic acids is 2. The van der Waals surface area contributed by atoms with Crippen molar-refractivity contribution in [3.05, 3.63) is 0 Å². The van der Waals surface area contributed by atoms with E-state index in [0.717, 1.165) is 30.7 Å². The molecule has 0 saturated heterocycles. The second-order valence-corrected chi connectivity index (χ2v) is 3.01. The first-order chi connectivity index (χ1) is 5.63. The van der Waals surface area contributed by atoms with Crippen molar-refractivity contribution in [3.63, 3.8) is 0 Å². The Hall–Kier alpha value is -1.10. The summed E-state index contributed by atoms with van der Waals surface area (Å²) in [5.74, 6) is 3.63. The van der Waals surface area contributed by atoms with Gasteiger partial charge in [-0.2, -0.15) is 0 Å². The number of primary amides is 1. The molecule has 68 valence electrons. The molecule has 0 unspecified atom stereocenters. The van der Waals surface area contributed by atoms with Gasteiger partial charge in [0, 0.05) is 6.04 Å². The smallest absolute Gasteiger partial charge is 0.325 e. The second kappa shape index (κ2) is 3.53. The maximum absolute atomic E-state index is 11.0. The van der Waals surface area contributed by atoms with Crippen LogP contribution in [0.5, 0.6) is 0 Å². The highest BCUT2D eigenvalue weighted by molar-refractivity contribution is 6.34. The van der Waals surface area contributed by atoms with Gasteiger partial charge in [-0.3, -0.25) is 14.6 Å². The van der Waals surface area contributed by atoms with Gasteiger partial charge in [-0.1, -0.05) is 12.8 Å². The molecule has 1 aliphatic carbocycles. The molecule has 4 N–H and O–H groups in total. The van der Waals surface area contributed by atoms with Gasteiger partial charge in [0.1, 0.15) is 0 Å². The number of nitrogens with zero attached hydrogens (tertiary/aromatic N) is 1. The molecule has 0 aromatic carbocycles. The molecule has 5 nitrogen and oxygen atoms in total. The first-order valence-corrected chi connectivity index (χ1v) is 4.00. The zero-order chi connectivity index (χ0) is 9.14. The summed E-state index contributed by atoms with van der Waals surface area (Å²) in [6.07, 6.45) is 3.86. The summed E-state index contributed by atoms with van der Waals surface area (Å²) in [6.45, 7) is 0. The third-order valence-electron chi connectivity index (χ3n) is 2.16. The third kappa shape index (κ3) is 1.73. The molecule has 0 spiro atoms. The van der Waals surface area contributed by atoms with E-state index in [1.807, 2.05) is 0 Å². The molecule has 0 bridgehead atoms. The number of nitrogens with two attached hydrogens (primary N) is 2. The van der Waals surface area contributed by atoms with E-state index < -0.39 is 11.8 Å². The van der Waals surface area contributed by atoms with Gasteiger partial charge in [-0.25, -0.2) is 5.84 Å². The Labute approximate surface area is 70.7 Å².